The van der Waals surface area contributed by atoms with Gasteiger partial charge in [0, 0.05) is 13.7 Å². The fourth-order valence-corrected chi connectivity index (χ4v) is 5.07. The van der Waals surface area contributed by atoms with E-state index in [1.807, 2.05) is 26.0 Å². The number of para-hydroxylation sites is 1. The van der Waals surface area contributed by atoms with Gasteiger partial charge >= 0.3 is 0 Å². The summed E-state index contributed by atoms with van der Waals surface area (Å²) in [6.45, 7) is 5.71. The third kappa shape index (κ3) is 6.50. The number of nitrogens with zero attached hydrogens (tertiary/aromatic N) is 1. The first-order chi connectivity index (χ1) is 17.1. The van der Waals surface area contributed by atoms with E-state index in [2.05, 4.69) is 10.6 Å². The summed E-state index contributed by atoms with van der Waals surface area (Å²) in [6, 6.07) is 18.5. The van der Waals surface area contributed by atoms with E-state index in [0.29, 0.717) is 24.4 Å². The van der Waals surface area contributed by atoms with E-state index >= 15 is 0 Å². The first-order valence-electron chi connectivity index (χ1n) is 11.5. The minimum atomic E-state index is -4.06. The Labute approximate surface area is 212 Å². The van der Waals surface area contributed by atoms with Crippen LogP contribution in [0.2, 0.25) is 0 Å². The smallest absolute Gasteiger partial charge is 0.264 e. The van der Waals surface area contributed by atoms with Gasteiger partial charge in [-0.3, -0.25) is 13.9 Å². The van der Waals surface area contributed by atoms with Crippen molar-refractivity contribution in [3.8, 4) is 0 Å². The first kappa shape index (κ1) is 26.9. The number of carbonyl (C=O) groups is 2. The molecule has 9 heteroatoms. The third-order valence-electron chi connectivity index (χ3n) is 5.57. The number of anilines is 2. The topological polar surface area (TPSA) is 105 Å². The van der Waals surface area contributed by atoms with Gasteiger partial charge in [-0.2, -0.15) is 0 Å². The predicted molar refractivity (Wildman–Crippen MR) is 141 cm³/mol. The van der Waals surface area contributed by atoms with Crippen LogP contribution in [0.1, 0.15) is 27.0 Å². The van der Waals surface area contributed by atoms with Gasteiger partial charge in [0.25, 0.3) is 15.9 Å². The molecule has 0 fully saturated rings. The Hall–Kier alpha value is -3.69. The lowest BCUT2D eigenvalue weighted by Gasteiger charge is -2.26. The summed E-state index contributed by atoms with van der Waals surface area (Å²) in [5.41, 5.74) is 3.45. The van der Waals surface area contributed by atoms with Crippen LogP contribution in [0.15, 0.2) is 71.6 Å². The Bertz CT molecular complexity index is 1340. The van der Waals surface area contributed by atoms with Crippen LogP contribution in [-0.2, 0) is 19.6 Å². The molecule has 0 saturated carbocycles. The highest BCUT2D eigenvalue weighted by molar-refractivity contribution is 7.92. The van der Waals surface area contributed by atoms with Crippen LogP contribution in [0.4, 0.5) is 11.4 Å². The zero-order chi connectivity index (χ0) is 26.3. The summed E-state index contributed by atoms with van der Waals surface area (Å²) >= 11 is 0. The maximum atomic E-state index is 13.7. The fraction of sp³-hybridized carbons (Fsp3) is 0.259. The number of carbonyl (C=O) groups excluding carboxylic acids is 2. The van der Waals surface area contributed by atoms with Crippen molar-refractivity contribution < 1.29 is 22.7 Å². The molecule has 0 aliphatic rings. The highest BCUT2D eigenvalue weighted by Crippen LogP contribution is 2.28. The summed E-state index contributed by atoms with van der Waals surface area (Å²) in [5.74, 6) is -0.953. The van der Waals surface area contributed by atoms with Gasteiger partial charge in [0.1, 0.15) is 6.54 Å². The molecule has 2 amide bonds. The average molecular weight is 510 g/mol. The van der Waals surface area contributed by atoms with Crippen molar-refractivity contribution in [1.82, 2.24) is 5.32 Å². The maximum absolute atomic E-state index is 13.7. The minimum Gasteiger partial charge on any atom is -0.383 e. The van der Waals surface area contributed by atoms with Gasteiger partial charge in [0.2, 0.25) is 5.91 Å². The maximum Gasteiger partial charge on any atom is 0.264 e. The standard InChI is InChI=1S/C27H31N3O5S/c1-19-10-13-22(14-11-19)36(33,34)30(25-17-20(2)9-12-21(25)3)18-26(31)29-24-8-6-5-7-23(24)27(32)28-15-16-35-4/h5-14,17H,15-16,18H2,1-4H3,(H,28,32)(H,29,31). The molecule has 0 saturated heterocycles. The molecule has 8 nitrogen and oxygen atoms in total. The molecule has 0 aliphatic carbocycles. The van der Waals surface area contributed by atoms with Gasteiger partial charge in [-0.25, -0.2) is 8.42 Å². The molecule has 0 heterocycles. The summed E-state index contributed by atoms with van der Waals surface area (Å²) in [6.07, 6.45) is 0. The monoisotopic (exact) mass is 509 g/mol. The molecule has 3 rings (SSSR count). The summed E-state index contributed by atoms with van der Waals surface area (Å²) < 4.78 is 33.4. The second-order valence-corrected chi connectivity index (χ2v) is 10.3. The number of nitrogens with one attached hydrogen (secondary N) is 2. The Balaban J connectivity index is 1.93. The van der Waals surface area contributed by atoms with E-state index in [4.69, 9.17) is 4.74 Å². The number of hydrogen-bond acceptors (Lipinski definition) is 5. The Morgan fingerprint density at radius 1 is 0.917 bits per heavy atom. The number of aryl methyl sites for hydroxylation is 3. The molecule has 0 spiro atoms. The van der Waals surface area contributed by atoms with Crippen molar-refractivity contribution in [3.63, 3.8) is 0 Å². The normalized spacial score (nSPS) is 11.1. The highest BCUT2D eigenvalue weighted by atomic mass is 32.2. The van der Waals surface area contributed by atoms with E-state index in [1.165, 1.54) is 19.2 Å². The molecule has 0 radical (unpaired) electrons. The Morgan fingerprint density at radius 3 is 2.28 bits per heavy atom. The van der Waals surface area contributed by atoms with Crippen LogP contribution in [-0.4, -0.2) is 47.0 Å². The van der Waals surface area contributed by atoms with Gasteiger partial charge in [-0.05, 0) is 62.2 Å². The second-order valence-electron chi connectivity index (χ2n) is 8.46. The molecule has 0 bridgehead atoms. The van der Waals surface area contributed by atoms with Crippen LogP contribution in [0.25, 0.3) is 0 Å². The molecule has 0 unspecified atom stereocenters. The molecule has 0 atom stereocenters. The van der Waals surface area contributed by atoms with Crippen molar-refractivity contribution in [2.24, 2.45) is 0 Å². The second kappa shape index (κ2) is 11.8. The van der Waals surface area contributed by atoms with Crippen LogP contribution in [0, 0.1) is 20.8 Å². The predicted octanol–water partition coefficient (Wildman–Crippen LogP) is 3.82. The number of hydrogen-bond donors (Lipinski definition) is 2. The van der Waals surface area contributed by atoms with E-state index in [9.17, 15) is 18.0 Å². The van der Waals surface area contributed by atoms with Gasteiger partial charge in [0.15, 0.2) is 0 Å². The molecule has 190 valence electrons. The molecule has 0 aromatic heterocycles. The molecule has 2 N–H and O–H groups in total. The lowest BCUT2D eigenvalue weighted by atomic mass is 10.1. The van der Waals surface area contributed by atoms with E-state index in [1.54, 1.807) is 49.4 Å². The number of sulfonamides is 1. The SMILES string of the molecule is COCCNC(=O)c1ccccc1NC(=O)CN(c1cc(C)ccc1C)S(=O)(=O)c1ccc(C)cc1. The van der Waals surface area contributed by atoms with Gasteiger partial charge in [-0.15, -0.1) is 0 Å². The fourth-order valence-electron chi connectivity index (χ4n) is 3.60. The number of ether oxygens (including phenoxy) is 1. The zero-order valence-electron chi connectivity index (χ0n) is 20.9. The highest BCUT2D eigenvalue weighted by Gasteiger charge is 2.29. The lowest BCUT2D eigenvalue weighted by molar-refractivity contribution is -0.114. The Kier molecular flexibility index (Phi) is 8.84. The van der Waals surface area contributed by atoms with Crippen molar-refractivity contribution in [2.45, 2.75) is 25.7 Å². The molecule has 3 aromatic carbocycles. The van der Waals surface area contributed by atoms with Crippen molar-refractivity contribution in [3.05, 3.63) is 89.0 Å². The van der Waals surface area contributed by atoms with Crippen LogP contribution in [0.5, 0.6) is 0 Å². The molecular formula is C27H31N3O5S. The van der Waals surface area contributed by atoms with Gasteiger partial charge in [0.05, 0.1) is 28.4 Å². The summed E-state index contributed by atoms with van der Waals surface area (Å²) in [7, 11) is -2.53. The number of methoxy groups -OCH3 is 1. The number of rotatable bonds is 10. The summed E-state index contributed by atoms with van der Waals surface area (Å²) in [4.78, 5) is 25.9. The third-order valence-corrected chi connectivity index (χ3v) is 7.34. The van der Waals surface area contributed by atoms with E-state index < -0.39 is 22.5 Å². The van der Waals surface area contributed by atoms with Crippen molar-refractivity contribution in [2.75, 3.05) is 36.4 Å². The van der Waals surface area contributed by atoms with Gasteiger partial charge < -0.3 is 15.4 Å². The largest absolute Gasteiger partial charge is 0.383 e. The summed E-state index contributed by atoms with van der Waals surface area (Å²) in [5, 5.41) is 5.43. The molecule has 3 aromatic rings. The molecule has 36 heavy (non-hydrogen) atoms. The lowest BCUT2D eigenvalue weighted by Crippen LogP contribution is -2.39. The van der Waals surface area contributed by atoms with Crippen molar-refractivity contribution in [1.29, 1.82) is 0 Å². The van der Waals surface area contributed by atoms with Crippen molar-refractivity contribution >= 4 is 33.2 Å². The van der Waals surface area contributed by atoms with E-state index in [-0.39, 0.29) is 22.1 Å². The van der Waals surface area contributed by atoms with E-state index in [0.717, 1.165) is 15.4 Å². The minimum absolute atomic E-state index is 0.0831. The first-order valence-corrected chi connectivity index (χ1v) is 12.9. The Morgan fingerprint density at radius 2 is 1.58 bits per heavy atom. The van der Waals surface area contributed by atoms with Gasteiger partial charge in [-0.1, -0.05) is 42.0 Å². The quantitative estimate of drug-likeness (QED) is 0.404. The van der Waals surface area contributed by atoms with Crippen LogP contribution >= 0.6 is 0 Å². The average Bonchev–Trinajstić information content (AvgIpc) is 2.85. The van der Waals surface area contributed by atoms with Crippen LogP contribution in [0.3, 0.4) is 0 Å². The molecule has 0 aliphatic heterocycles. The number of benzene rings is 3. The van der Waals surface area contributed by atoms with Crippen LogP contribution < -0.4 is 14.9 Å². The number of amides is 2. The zero-order valence-corrected chi connectivity index (χ0v) is 21.7. The molecular weight excluding hydrogens is 478 g/mol.